The van der Waals surface area contributed by atoms with Crippen molar-refractivity contribution in [2.75, 3.05) is 6.54 Å². The van der Waals surface area contributed by atoms with Crippen LogP contribution in [-0.2, 0) is 12.6 Å². The Morgan fingerprint density at radius 1 is 1.25 bits per heavy atom. The Kier molecular flexibility index (Phi) is 2.55. The second kappa shape index (κ2) is 3.75. The third-order valence-corrected chi connectivity index (χ3v) is 2.15. The number of aromatic nitrogens is 3. The van der Waals surface area contributed by atoms with E-state index >= 15 is 0 Å². The summed E-state index contributed by atoms with van der Waals surface area (Å²) in [6.45, 7) is 0.229. The number of hydrogen-bond donors (Lipinski definition) is 1. The number of pyridine rings is 1. The van der Waals surface area contributed by atoms with Crippen LogP contribution in [-0.4, -0.2) is 21.1 Å². The molecule has 0 aliphatic heterocycles. The Morgan fingerprint density at radius 3 is 2.62 bits per heavy atom. The molecule has 2 aromatic rings. The molecule has 0 fully saturated rings. The van der Waals surface area contributed by atoms with Crippen LogP contribution in [0.2, 0.25) is 0 Å². The van der Waals surface area contributed by atoms with Crippen molar-refractivity contribution in [3.8, 4) is 0 Å². The van der Waals surface area contributed by atoms with E-state index in [9.17, 15) is 13.2 Å². The standard InChI is InChI=1S/C9H9F3N4/c10-9(11,12)6-2-1-3-7-14-15-8(4-5-13)16(6)7/h1-3H,4-5,13H2. The van der Waals surface area contributed by atoms with Gasteiger partial charge in [-0.05, 0) is 18.7 Å². The Balaban J connectivity index is 2.68. The van der Waals surface area contributed by atoms with Crippen molar-refractivity contribution in [3.63, 3.8) is 0 Å². The van der Waals surface area contributed by atoms with Gasteiger partial charge in [0.2, 0.25) is 0 Å². The number of nitrogens with zero attached hydrogens (tertiary/aromatic N) is 3. The molecule has 7 heteroatoms. The quantitative estimate of drug-likeness (QED) is 0.844. The summed E-state index contributed by atoms with van der Waals surface area (Å²) in [7, 11) is 0. The third kappa shape index (κ3) is 1.73. The molecular formula is C9H9F3N4. The zero-order valence-corrected chi connectivity index (χ0v) is 8.20. The van der Waals surface area contributed by atoms with Gasteiger partial charge >= 0.3 is 6.18 Å². The second-order valence-electron chi connectivity index (χ2n) is 3.26. The molecule has 0 bridgehead atoms. The van der Waals surface area contributed by atoms with E-state index in [2.05, 4.69) is 10.2 Å². The van der Waals surface area contributed by atoms with Crippen molar-refractivity contribution in [2.24, 2.45) is 5.73 Å². The Hall–Kier alpha value is -1.63. The van der Waals surface area contributed by atoms with Crippen molar-refractivity contribution < 1.29 is 13.2 Å². The molecular weight excluding hydrogens is 221 g/mol. The van der Waals surface area contributed by atoms with Gasteiger partial charge < -0.3 is 5.73 Å². The summed E-state index contributed by atoms with van der Waals surface area (Å²) < 4.78 is 39.1. The van der Waals surface area contributed by atoms with Gasteiger partial charge in [-0.2, -0.15) is 13.2 Å². The summed E-state index contributed by atoms with van der Waals surface area (Å²) in [5, 5.41) is 7.36. The van der Waals surface area contributed by atoms with Crippen LogP contribution in [0.15, 0.2) is 18.2 Å². The molecule has 0 saturated heterocycles. The second-order valence-corrected chi connectivity index (χ2v) is 3.26. The van der Waals surface area contributed by atoms with Crippen LogP contribution in [0.3, 0.4) is 0 Å². The first-order valence-corrected chi connectivity index (χ1v) is 4.64. The van der Waals surface area contributed by atoms with Gasteiger partial charge in [0.1, 0.15) is 11.5 Å². The van der Waals surface area contributed by atoms with Gasteiger partial charge in [-0.25, -0.2) is 0 Å². The van der Waals surface area contributed by atoms with E-state index in [4.69, 9.17) is 5.73 Å². The fourth-order valence-corrected chi connectivity index (χ4v) is 1.51. The maximum atomic E-state index is 12.7. The lowest BCUT2D eigenvalue weighted by Crippen LogP contribution is -2.14. The molecule has 0 aliphatic rings. The summed E-state index contributed by atoms with van der Waals surface area (Å²) in [6.07, 6.45) is -4.17. The minimum Gasteiger partial charge on any atom is -0.330 e. The highest BCUT2D eigenvalue weighted by Gasteiger charge is 2.34. The van der Waals surface area contributed by atoms with E-state index in [0.29, 0.717) is 0 Å². The zero-order valence-electron chi connectivity index (χ0n) is 8.20. The number of alkyl halides is 3. The van der Waals surface area contributed by atoms with Crippen LogP contribution in [0.1, 0.15) is 11.5 Å². The van der Waals surface area contributed by atoms with Crippen LogP contribution in [0.25, 0.3) is 5.65 Å². The van der Waals surface area contributed by atoms with E-state index in [1.807, 2.05) is 0 Å². The molecule has 0 unspecified atom stereocenters. The predicted octanol–water partition coefficient (Wildman–Crippen LogP) is 1.25. The van der Waals surface area contributed by atoms with Crippen molar-refractivity contribution >= 4 is 5.65 Å². The number of halogens is 3. The van der Waals surface area contributed by atoms with Gasteiger partial charge in [0.25, 0.3) is 0 Å². The molecule has 2 rings (SSSR count). The Morgan fingerprint density at radius 2 is 2.00 bits per heavy atom. The van der Waals surface area contributed by atoms with Crippen LogP contribution in [0.5, 0.6) is 0 Å². The van der Waals surface area contributed by atoms with E-state index < -0.39 is 11.9 Å². The van der Waals surface area contributed by atoms with Crippen LogP contribution in [0.4, 0.5) is 13.2 Å². The summed E-state index contributed by atoms with van der Waals surface area (Å²) in [4.78, 5) is 0. The smallest absolute Gasteiger partial charge is 0.330 e. The highest BCUT2D eigenvalue weighted by molar-refractivity contribution is 5.40. The number of fused-ring (bicyclic) bond motifs is 1. The average Bonchev–Trinajstić information content (AvgIpc) is 2.61. The normalized spacial score (nSPS) is 12.2. The van der Waals surface area contributed by atoms with Gasteiger partial charge in [-0.3, -0.25) is 4.40 Å². The van der Waals surface area contributed by atoms with Crippen LogP contribution in [0, 0.1) is 0 Å². The fourth-order valence-electron chi connectivity index (χ4n) is 1.51. The monoisotopic (exact) mass is 230 g/mol. The molecule has 2 N–H and O–H groups in total. The minimum absolute atomic E-state index is 0.179. The molecule has 0 saturated carbocycles. The first-order chi connectivity index (χ1) is 7.54. The topological polar surface area (TPSA) is 56.2 Å². The number of rotatable bonds is 2. The zero-order chi connectivity index (χ0) is 11.8. The molecule has 2 aromatic heterocycles. The lowest BCUT2D eigenvalue weighted by molar-refractivity contribution is -0.142. The molecule has 0 aliphatic carbocycles. The highest BCUT2D eigenvalue weighted by atomic mass is 19.4. The minimum atomic E-state index is -4.43. The van der Waals surface area contributed by atoms with E-state index in [1.165, 1.54) is 12.1 Å². The van der Waals surface area contributed by atoms with E-state index in [1.54, 1.807) is 0 Å². The predicted molar refractivity (Wildman–Crippen MR) is 50.7 cm³/mol. The summed E-state index contributed by atoms with van der Waals surface area (Å²) in [5.74, 6) is 0.227. The van der Waals surface area contributed by atoms with Gasteiger partial charge in [0.15, 0.2) is 5.65 Å². The molecule has 0 amide bonds. The lowest BCUT2D eigenvalue weighted by atomic mass is 10.3. The van der Waals surface area contributed by atoms with Crippen LogP contribution >= 0.6 is 0 Å². The van der Waals surface area contributed by atoms with Crippen molar-refractivity contribution in [2.45, 2.75) is 12.6 Å². The molecule has 2 heterocycles. The lowest BCUT2D eigenvalue weighted by Gasteiger charge is -2.10. The SMILES string of the molecule is NCCc1nnc2cccc(C(F)(F)F)n12. The average molecular weight is 230 g/mol. The molecule has 0 spiro atoms. The van der Waals surface area contributed by atoms with Crippen LogP contribution < -0.4 is 5.73 Å². The maximum absolute atomic E-state index is 12.7. The summed E-state index contributed by atoms with van der Waals surface area (Å²) in [5.41, 5.74) is 4.71. The van der Waals surface area contributed by atoms with Crippen molar-refractivity contribution in [1.82, 2.24) is 14.6 Å². The van der Waals surface area contributed by atoms with Crippen molar-refractivity contribution in [3.05, 3.63) is 29.7 Å². The number of nitrogens with two attached hydrogens (primary N) is 1. The number of hydrogen-bond acceptors (Lipinski definition) is 3. The molecule has 0 radical (unpaired) electrons. The Labute approximate surface area is 88.9 Å². The maximum Gasteiger partial charge on any atom is 0.431 e. The fraction of sp³-hybridized carbons (Fsp3) is 0.333. The van der Waals surface area contributed by atoms with Gasteiger partial charge in [0, 0.05) is 6.42 Å². The Bertz CT molecular complexity index is 503. The van der Waals surface area contributed by atoms with E-state index in [0.717, 1.165) is 10.5 Å². The largest absolute Gasteiger partial charge is 0.431 e. The first kappa shape index (κ1) is 10.9. The highest BCUT2D eigenvalue weighted by Crippen LogP contribution is 2.29. The van der Waals surface area contributed by atoms with Gasteiger partial charge in [-0.15, -0.1) is 10.2 Å². The van der Waals surface area contributed by atoms with Gasteiger partial charge in [0.05, 0.1) is 0 Å². The summed E-state index contributed by atoms with van der Waals surface area (Å²) >= 11 is 0. The third-order valence-electron chi connectivity index (χ3n) is 2.15. The molecule has 0 aromatic carbocycles. The summed E-state index contributed by atoms with van der Waals surface area (Å²) in [6, 6.07) is 3.78. The molecule has 4 nitrogen and oxygen atoms in total. The van der Waals surface area contributed by atoms with Crippen molar-refractivity contribution in [1.29, 1.82) is 0 Å². The van der Waals surface area contributed by atoms with Gasteiger partial charge in [-0.1, -0.05) is 6.07 Å². The molecule has 86 valence electrons. The molecule has 16 heavy (non-hydrogen) atoms. The molecule has 0 atom stereocenters. The van der Waals surface area contributed by atoms with E-state index in [-0.39, 0.29) is 24.4 Å². The first-order valence-electron chi connectivity index (χ1n) is 4.64.